The quantitative estimate of drug-likeness (QED) is 0.111. The minimum atomic E-state index is -1.03. The number of fused-ring (bicyclic) bond motifs is 3. The van der Waals surface area contributed by atoms with Gasteiger partial charge in [-0.15, -0.1) is 0 Å². The number of benzene rings is 9. The molecule has 0 atom stereocenters. The molecule has 1 nitrogen and oxygen atoms in total. The molecule has 0 N–H and O–H groups in total. The first kappa shape index (κ1) is 33.4. The fourth-order valence-electron chi connectivity index (χ4n) is 8.99. The predicted molar refractivity (Wildman–Crippen MR) is 273 cm³/mol. The average molecular weight is 824 g/mol. The molecule has 0 saturated carbocycles. The summed E-state index contributed by atoms with van der Waals surface area (Å²) in [6.45, 7) is 7.69. The van der Waals surface area contributed by atoms with E-state index >= 15 is 0 Å². The molecule has 0 aromatic heterocycles. The average Bonchev–Trinajstić information content (AvgIpc) is 3.73. The zero-order valence-corrected chi connectivity index (χ0v) is 35.2. The Balaban J connectivity index is 1.23. The molecule has 64 heavy (non-hydrogen) atoms. The zero-order chi connectivity index (χ0) is 48.5. The molecule has 0 spiro atoms. The van der Waals surface area contributed by atoms with Crippen molar-refractivity contribution in [3.63, 3.8) is 0 Å². The molecule has 9 aromatic carbocycles. The third-order valence-electron chi connectivity index (χ3n) is 11.9. The van der Waals surface area contributed by atoms with Crippen LogP contribution in [0.5, 0.6) is 0 Å². The van der Waals surface area contributed by atoms with E-state index in [1.807, 2.05) is 164 Å². The zero-order valence-electron chi connectivity index (χ0n) is 41.2. The van der Waals surface area contributed by atoms with E-state index in [4.69, 9.17) is 0 Å². The Kier molecular flexibility index (Phi) is 9.19. The molecule has 10 rings (SSSR count). The molecule has 0 amide bonds. The number of allylic oxidation sites excluding steroid dienone is 4. The van der Waals surface area contributed by atoms with E-state index in [1.165, 1.54) is 0 Å². The highest BCUT2D eigenvalue weighted by Crippen LogP contribution is 2.57. The lowest BCUT2D eigenvalue weighted by molar-refractivity contribution is 0.768. The summed E-state index contributed by atoms with van der Waals surface area (Å²) in [5.41, 5.74) is 11.0. The summed E-state index contributed by atoms with van der Waals surface area (Å²) in [5.74, 6) is 0. The van der Waals surface area contributed by atoms with E-state index in [1.54, 1.807) is 23.1 Å². The van der Waals surface area contributed by atoms with Crippen molar-refractivity contribution >= 4 is 29.2 Å². The monoisotopic (exact) mass is 823 g/mol. The Labute approximate surface area is 386 Å². The van der Waals surface area contributed by atoms with E-state index in [-0.39, 0.29) is 53.2 Å². The minimum absolute atomic E-state index is 0.0331. The molecule has 1 aliphatic rings. The third-order valence-corrected chi connectivity index (χ3v) is 11.9. The predicted octanol–water partition coefficient (Wildman–Crippen LogP) is 16.9. The lowest BCUT2D eigenvalue weighted by Crippen LogP contribution is -2.28. The van der Waals surface area contributed by atoms with Crippen LogP contribution in [0.1, 0.15) is 41.6 Å². The van der Waals surface area contributed by atoms with Crippen molar-refractivity contribution in [2.24, 2.45) is 0 Å². The molecule has 1 heteroatoms. The summed E-state index contributed by atoms with van der Waals surface area (Å²) >= 11 is 0. The van der Waals surface area contributed by atoms with E-state index in [0.717, 1.165) is 55.6 Å². The van der Waals surface area contributed by atoms with Crippen LogP contribution in [-0.4, -0.2) is 0 Å². The highest BCUT2D eigenvalue weighted by molar-refractivity contribution is 5.90. The normalized spacial score (nSPS) is 13.8. The highest BCUT2D eigenvalue weighted by Gasteiger charge is 2.46. The van der Waals surface area contributed by atoms with Crippen LogP contribution in [0.25, 0.3) is 56.7 Å². The standard InChI is InChI=1S/C63H47N/c1-3-5-19-47-31-32-53(44-50(47)20-6-4-2)49-35-39-57(40-36-49)64(56-37-33-48(34-38-56)52-24-18-23-51(43-52)46-21-10-7-11-22-46)58-41-42-60-59-29-16-17-30-61(59)63(62(60)45-58,54-25-12-8-13-26-54)55-27-14-9-15-28-55/h3-45H,1-2H2/b19-5-,20-6-/i33D,34D,37D,38D,42D,45D. The fraction of sp³-hybridized carbons (Fsp3) is 0.0159. The molecule has 304 valence electrons. The van der Waals surface area contributed by atoms with Gasteiger partial charge >= 0.3 is 0 Å². The SMILES string of the molecule is [2H]c1cc(N(c2ccc(-c3ccc(/C=C\C=C)c(/C=C\C=C)c3)cc2)c2c([2H])c([2H])c(-c3cccc(-c4ccccc4)c3)c([2H])c2[2H])c([2H])c2c1-c1ccccc1C2(c1ccccc1)c1ccccc1. The van der Waals surface area contributed by atoms with Gasteiger partial charge in [-0.1, -0.05) is 225 Å². The Morgan fingerprint density at radius 1 is 0.391 bits per heavy atom. The van der Waals surface area contributed by atoms with E-state index < -0.39 is 5.41 Å². The largest absolute Gasteiger partial charge is 0.310 e. The molecule has 0 heterocycles. The third kappa shape index (κ3) is 7.34. The Hall–Kier alpha value is -8.26. The molecule has 1 aliphatic carbocycles. The van der Waals surface area contributed by atoms with Gasteiger partial charge in [0.25, 0.3) is 0 Å². The van der Waals surface area contributed by atoms with Crippen molar-refractivity contribution < 1.29 is 8.22 Å². The van der Waals surface area contributed by atoms with Crippen molar-refractivity contribution in [3.8, 4) is 44.5 Å². The maximum Gasteiger partial charge on any atom is 0.0714 e. The van der Waals surface area contributed by atoms with Gasteiger partial charge in [-0.05, 0) is 126 Å². The lowest BCUT2D eigenvalue weighted by Gasteiger charge is -2.35. The van der Waals surface area contributed by atoms with Gasteiger partial charge in [0.1, 0.15) is 0 Å². The topological polar surface area (TPSA) is 3.24 Å². The van der Waals surface area contributed by atoms with E-state index in [0.29, 0.717) is 22.4 Å². The second-order valence-electron chi connectivity index (χ2n) is 15.7. The van der Waals surface area contributed by atoms with Crippen molar-refractivity contribution in [1.82, 2.24) is 0 Å². The smallest absolute Gasteiger partial charge is 0.0714 e. The summed E-state index contributed by atoms with van der Waals surface area (Å²) in [6.07, 6.45) is 11.3. The van der Waals surface area contributed by atoms with Crippen LogP contribution in [0, 0.1) is 0 Å². The molecule has 0 saturated heterocycles. The first-order valence-electron chi connectivity index (χ1n) is 24.4. The van der Waals surface area contributed by atoms with Gasteiger partial charge in [0.15, 0.2) is 0 Å². The summed E-state index contributed by atoms with van der Waals surface area (Å²) < 4.78 is 59.5. The lowest BCUT2D eigenvalue weighted by atomic mass is 9.67. The molecule has 0 fully saturated rings. The first-order chi connectivity index (χ1) is 34.2. The van der Waals surface area contributed by atoms with Crippen LogP contribution >= 0.6 is 0 Å². The Morgan fingerprint density at radius 2 is 0.938 bits per heavy atom. The molecular weight excluding hydrogens is 771 g/mol. The van der Waals surface area contributed by atoms with Gasteiger partial charge in [-0.2, -0.15) is 0 Å². The fourth-order valence-corrected chi connectivity index (χ4v) is 8.99. The second kappa shape index (κ2) is 17.6. The van der Waals surface area contributed by atoms with E-state index in [2.05, 4.69) is 55.6 Å². The van der Waals surface area contributed by atoms with Gasteiger partial charge in [0.2, 0.25) is 0 Å². The summed E-state index contributed by atoms with van der Waals surface area (Å²) in [4.78, 5) is 1.65. The molecule has 0 aliphatic heterocycles. The Bertz CT molecular complexity index is 3460. The van der Waals surface area contributed by atoms with Crippen molar-refractivity contribution in [2.75, 3.05) is 4.90 Å². The van der Waals surface area contributed by atoms with Crippen LogP contribution in [0.2, 0.25) is 0 Å². The van der Waals surface area contributed by atoms with Crippen molar-refractivity contribution in [2.45, 2.75) is 5.41 Å². The molecule has 0 radical (unpaired) electrons. The van der Waals surface area contributed by atoms with Crippen molar-refractivity contribution in [1.29, 1.82) is 0 Å². The van der Waals surface area contributed by atoms with Crippen LogP contribution in [0.4, 0.5) is 17.1 Å². The van der Waals surface area contributed by atoms with Gasteiger partial charge in [0, 0.05) is 17.1 Å². The first-order valence-corrected chi connectivity index (χ1v) is 21.4. The van der Waals surface area contributed by atoms with Gasteiger partial charge in [-0.3, -0.25) is 0 Å². The van der Waals surface area contributed by atoms with Crippen LogP contribution < -0.4 is 4.90 Å². The Morgan fingerprint density at radius 3 is 1.61 bits per heavy atom. The summed E-state index contributed by atoms with van der Waals surface area (Å²) in [7, 11) is 0. The number of rotatable bonds is 12. The molecule has 9 aromatic rings. The number of hydrogen-bond donors (Lipinski definition) is 0. The van der Waals surface area contributed by atoms with Gasteiger partial charge in [-0.25, -0.2) is 0 Å². The van der Waals surface area contributed by atoms with Crippen LogP contribution in [0.15, 0.2) is 262 Å². The number of hydrogen-bond acceptors (Lipinski definition) is 1. The van der Waals surface area contributed by atoms with Crippen molar-refractivity contribution in [3.05, 3.63) is 295 Å². The second-order valence-corrected chi connectivity index (χ2v) is 15.7. The van der Waals surface area contributed by atoms with Crippen LogP contribution in [0.3, 0.4) is 0 Å². The highest BCUT2D eigenvalue weighted by atomic mass is 15.1. The molecule has 0 unspecified atom stereocenters. The maximum absolute atomic E-state index is 10.6. The number of anilines is 3. The van der Waals surface area contributed by atoms with Gasteiger partial charge < -0.3 is 4.90 Å². The number of nitrogens with zero attached hydrogens (tertiary/aromatic N) is 1. The summed E-state index contributed by atoms with van der Waals surface area (Å²) in [5, 5.41) is 0. The maximum atomic E-state index is 10.6. The minimum Gasteiger partial charge on any atom is -0.310 e. The van der Waals surface area contributed by atoms with E-state index in [9.17, 15) is 8.22 Å². The molecule has 0 bridgehead atoms. The van der Waals surface area contributed by atoms with Gasteiger partial charge in [0.05, 0.1) is 13.6 Å². The van der Waals surface area contributed by atoms with Crippen LogP contribution in [-0.2, 0) is 5.41 Å². The molecular formula is C63H47N. The summed E-state index contributed by atoms with van der Waals surface area (Å²) in [6, 6.07) is 60.5.